The Bertz CT molecular complexity index is 1020. The Morgan fingerprint density at radius 1 is 0.889 bits per heavy atom. The first-order valence-corrected chi connectivity index (χ1v) is 10.6. The van der Waals surface area contributed by atoms with Crippen molar-refractivity contribution in [3.8, 4) is 5.75 Å². The molecule has 0 aliphatic rings. The van der Waals surface area contributed by atoms with Crippen molar-refractivity contribution < 1.29 is 13.2 Å². The van der Waals surface area contributed by atoms with Gasteiger partial charge in [-0.05, 0) is 29.3 Å². The Labute approximate surface area is 168 Å². The molecule has 0 saturated heterocycles. The number of rotatable bonds is 6. The second-order valence-electron chi connectivity index (χ2n) is 6.01. The number of methoxy groups -OCH3 is 1. The second kappa shape index (κ2) is 8.25. The molecule has 0 saturated carbocycles. The summed E-state index contributed by atoms with van der Waals surface area (Å²) in [5, 5.41) is 0. The maximum Gasteiger partial charge on any atom is 0.247 e. The zero-order chi connectivity index (χ0) is 19.4. The van der Waals surface area contributed by atoms with Gasteiger partial charge in [0.15, 0.2) is 0 Å². The molecular formula is C21H20BrNO3S. The molecule has 0 spiro atoms. The van der Waals surface area contributed by atoms with E-state index in [2.05, 4.69) is 15.9 Å². The summed E-state index contributed by atoms with van der Waals surface area (Å²) in [6.45, 7) is 0. The van der Waals surface area contributed by atoms with Gasteiger partial charge in [0.2, 0.25) is 10.0 Å². The molecule has 0 heterocycles. The molecule has 0 N–H and O–H groups in total. The number of para-hydroxylation sites is 1. The molecule has 0 radical (unpaired) electrons. The monoisotopic (exact) mass is 445 g/mol. The van der Waals surface area contributed by atoms with E-state index in [0.717, 1.165) is 15.6 Å². The summed E-state index contributed by atoms with van der Waals surface area (Å²) in [6.07, 6.45) is 0. The lowest BCUT2D eigenvalue weighted by molar-refractivity contribution is 0.389. The zero-order valence-electron chi connectivity index (χ0n) is 15.0. The van der Waals surface area contributed by atoms with Gasteiger partial charge < -0.3 is 4.74 Å². The van der Waals surface area contributed by atoms with E-state index in [4.69, 9.17) is 4.74 Å². The molecule has 0 fully saturated rings. The average molecular weight is 446 g/mol. The normalized spacial score (nSPS) is 12.7. The van der Waals surface area contributed by atoms with Gasteiger partial charge in [-0.1, -0.05) is 76.6 Å². The highest BCUT2D eigenvalue weighted by atomic mass is 79.9. The Hall–Kier alpha value is -2.15. The van der Waals surface area contributed by atoms with Crippen LogP contribution in [-0.2, 0) is 10.0 Å². The standard InChI is InChI=1S/C21H20BrNO3S/c1-23(27(24,25)20-15-9-8-14-19(20)26-2)21(16-10-4-3-5-11-16)17-12-6-7-13-18(17)22/h3-15,21H,1-2H3. The van der Waals surface area contributed by atoms with Gasteiger partial charge in [-0.25, -0.2) is 8.42 Å². The fourth-order valence-corrected chi connectivity index (χ4v) is 5.02. The van der Waals surface area contributed by atoms with Gasteiger partial charge in [-0.3, -0.25) is 0 Å². The third-order valence-corrected chi connectivity index (χ3v) is 6.99. The quantitative estimate of drug-likeness (QED) is 0.543. The van der Waals surface area contributed by atoms with Gasteiger partial charge in [0.25, 0.3) is 0 Å². The van der Waals surface area contributed by atoms with E-state index in [1.807, 2.05) is 54.6 Å². The van der Waals surface area contributed by atoms with E-state index in [9.17, 15) is 8.42 Å². The van der Waals surface area contributed by atoms with Crippen LogP contribution in [0.2, 0.25) is 0 Å². The molecule has 1 atom stereocenters. The van der Waals surface area contributed by atoms with Crippen LogP contribution in [-0.4, -0.2) is 26.9 Å². The number of benzene rings is 3. The number of ether oxygens (including phenoxy) is 1. The van der Waals surface area contributed by atoms with E-state index >= 15 is 0 Å². The fourth-order valence-electron chi connectivity index (χ4n) is 3.04. The smallest absolute Gasteiger partial charge is 0.247 e. The minimum absolute atomic E-state index is 0.142. The van der Waals surface area contributed by atoms with E-state index in [0.29, 0.717) is 5.75 Å². The minimum Gasteiger partial charge on any atom is -0.495 e. The van der Waals surface area contributed by atoms with Crippen molar-refractivity contribution in [1.29, 1.82) is 0 Å². The summed E-state index contributed by atoms with van der Waals surface area (Å²) in [7, 11) is -0.741. The molecule has 3 aromatic rings. The van der Waals surface area contributed by atoms with Gasteiger partial charge in [0.05, 0.1) is 13.2 Å². The Morgan fingerprint density at radius 3 is 2.15 bits per heavy atom. The first-order valence-electron chi connectivity index (χ1n) is 8.37. The second-order valence-corrected chi connectivity index (χ2v) is 8.83. The van der Waals surface area contributed by atoms with Gasteiger partial charge in [-0.2, -0.15) is 4.31 Å². The van der Waals surface area contributed by atoms with Crippen LogP contribution in [0.3, 0.4) is 0 Å². The van der Waals surface area contributed by atoms with E-state index < -0.39 is 16.1 Å². The Kier molecular flexibility index (Phi) is 5.99. The highest BCUT2D eigenvalue weighted by Gasteiger charge is 2.33. The maximum absolute atomic E-state index is 13.4. The molecule has 27 heavy (non-hydrogen) atoms. The lowest BCUT2D eigenvalue weighted by atomic mass is 9.99. The average Bonchev–Trinajstić information content (AvgIpc) is 2.70. The third-order valence-electron chi connectivity index (χ3n) is 4.40. The topological polar surface area (TPSA) is 46.6 Å². The van der Waals surface area contributed by atoms with Crippen LogP contribution < -0.4 is 4.74 Å². The van der Waals surface area contributed by atoms with E-state index in [-0.39, 0.29) is 4.90 Å². The van der Waals surface area contributed by atoms with Gasteiger partial charge >= 0.3 is 0 Å². The Morgan fingerprint density at radius 2 is 1.48 bits per heavy atom. The van der Waals surface area contributed by atoms with Crippen molar-refractivity contribution in [1.82, 2.24) is 4.31 Å². The number of sulfonamides is 1. The van der Waals surface area contributed by atoms with Crippen molar-refractivity contribution in [2.75, 3.05) is 14.2 Å². The van der Waals surface area contributed by atoms with Crippen molar-refractivity contribution >= 4 is 26.0 Å². The van der Waals surface area contributed by atoms with Crippen LogP contribution in [0.5, 0.6) is 5.75 Å². The number of hydrogen-bond donors (Lipinski definition) is 0. The van der Waals surface area contributed by atoms with Crippen molar-refractivity contribution in [3.63, 3.8) is 0 Å². The number of halogens is 1. The van der Waals surface area contributed by atoms with Crippen LogP contribution in [0, 0.1) is 0 Å². The fraction of sp³-hybridized carbons (Fsp3) is 0.143. The van der Waals surface area contributed by atoms with E-state index in [1.165, 1.54) is 11.4 Å². The third kappa shape index (κ3) is 3.93. The van der Waals surface area contributed by atoms with Crippen molar-refractivity contribution in [2.45, 2.75) is 10.9 Å². The molecule has 0 aromatic heterocycles. The minimum atomic E-state index is -3.81. The van der Waals surface area contributed by atoms with E-state index in [1.54, 1.807) is 31.3 Å². The Balaban J connectivity index is 2.17. The SMILES string of the molecule is COc1ccccc1S(=O)(=O)N(C)C(c1ccccc1)c1ccccc1Br. The van der Waals surface area contributed by atoms with Crippen LogP contribution in [0.15, 0.2) is 88.2 Å². The molecule has 0 bridgehead atoms. The van der Waals surface area contributed by atoms with Crippen LogP contribution in [0.1, 0.15) is 17.2 Å². The van der Waals surface area contributed by atoms with Crippen molar-refractivity contribution in [3.05, 3.63) is 94.5 Å². The molecule has 0 aliphatic heterocycles. The summed E-state index contributed by atoms with van der Waals surface area (Å²) in [5.74, 6) is 0.322. The van der Waals surface area contributed by atoms with Crippen LogP contribution >= 0.6 is 15.9 Å². The predicted molar refractivity (Wildman–Crippen MR) is 110 cm³/mol. The van der Waals surface area contributed by atoms with Gasteiger partial charge in [0, 0.05) is 11.5 Å². The summed E-state index contributed by atoms with van der Waals surface area (Å²) in [6, 6.07) is 23.4. The molecule has 140 valence electrons. The summed E-state index contributed by atoms with van der Waals surface area (Å²) < 4.78 is 34.4. The summed E-state index contributed by atoms with van der Waals surface area (Å²) >= 11 is 3.57. The maximum atomic E-state index is 13.4. The highest BCUT2D eigenvalue weighted by Crippen LogP contribution is 2.37. The number of nitrogens with zero attached hydrogens (tertiary/aromatic N) is 1. The first kappa shape index (κ1) is 19.6. The summed E-state index contributed by atoms with van der Waals surface area (Å²) in [5.41, 5.74) is 1.75. The van der Waals surface area contributed by atoms with Crippen LogP contribution in [0.4, 0.5) is 0 Å². The molecule has 0 aliphatic carbocycles. The lowest BCUT2D eigenvalue weighted by Gasteiger charge is -2.29. The summed E-state index contributed by atoms with van der Waals surface area (Å²) in [4.78, 5) is 0.142. The van der Waals surface area contributed by atoms with Crippen LogP contribution in [0.25, 0.3) is 0 Å². The highest BCUT2D eigenvalue weighted by molar-refractivity contribution is 9.10. The molecule has 4 nitrogen and oxygen atoms in total. The zero-order valence-corrected chi connectivity index (χ0v) is 17.4. The van der Waals surface area contributed by atoms with Gasteiger partial charge in [0.1, 0.15) is 10.6 Å². The van der Waals surface area contributed by atoms with Crippen molar-refractivity contribution in [2.24, 2.45) is 0 Å². The molecule has 6 heteroatoms. The first-order chi connectivity index (χ1) is 13.0. The molecule has 1 unspecified atom stereocenters. The molecule has 3 aromatic carbocycles. The predicted octanol–water partition coefficient (Wildman–Crippen LogP) is 4.87. The molecule has 0 amide bonds. The van der Waals surface area contributed by atoms with Gasteiger partial charge in [-0.15, -0.1) is 0 Å². The largest absolute Gasteiger partial charge is 0.495 e. The molecule has 3 rings (SSSR count). The number of hydrogen-bond acceptors (Lipinski definition) is 3. The lowest BCUT2D eigenvalue weighted by Crippen LogP contribution is -2.32. The molecular weight excluding hydrogens is 426 g/mol.